The van der Waals surface area contributed by atoms with Gasteiger partial charge < -0.3 is 24.8 Å². The highest BCUT2D eigenvalue weighted by Crippen LogP contribution is 2.50. The second-order valence-electron chi connectivity index (χ2n) is 7.69. The smallest absolute Gasteiger partial charge is 0.333 e. The number of hydrogen-bond donors (Lipinski definition) is 3. The molecule has 0 saturated heterocycles. The quantitative estimate of drug-likeness (QED) is 0.291. The van der Waals surface area contributed by atoms with E-state index < -0.39 is 54.0 Å². The number of aliphatic carboxylic acids is 1. The molecule has 30 heavy (non-hydrogen) atoms. The van der Waals surface area contributed by atoms with Crippen molar-refractivity contribution >= 4 is 17.9 Å². The molecule has 166 valence electrons. The molecule has 1 saturated carbocycles. The van der Waals surface area contributed by atoms with Gasteiger partial charge in [0.2, 0.25) is 0 Å². The fraction of sp³-hybridized carbons (Fsp3) is 0.500. The van der Waals surface area contributed by atoms with Crippen LogP contribution in [0.15, 0.2) is 48.6 Å². The minimum Gasteiger partial charge on any atom is -0.478 e. The maximum atomic E-state index is 12.5. The van der Waals surface area contributed by atoms with Crippen molar-refractivity contribution in [3.05, 3.63) is 48.6 Å². The molecule has 1 fully saturated rings. The van der Waals surface area contributed by atoms with Crippen LogP contribution >= 0.6 is 0 Å². The van der Waals surface area contributed by atoms with Crippen LogP contribution in [0.5, 0.6) is 0 Å². The largest absolute Gasteiger partial charge is 0.478 e. The molecule has 0 aromatic carbocycles. The lowest BCUT2D eigenvalue weighted by Gasteiger charge is -2.50. The number of carbonyl (C=O) groups is 3. The number of carboxylic acids is 1. The van der Waals surface area contributed by atoms with E-state index in [2.05, 4.69) is 19.7 Å². The average molecular weight is 422 g/mol. The van der Waals surface area contributed by atoms with E-state index in [1.807, 2.05) is 0 Å². The van der Waals surface area contributed by atoms with Crippen molar-refractivity contribution in [3.8, 4) is 0 Å². The molecule has 0 heterocycles. The Balaban J connectivity index is 3.26. The molecular weight excluding hydrogens is 392 g/mol. The van der Waals surface area contributed by atoms with E-state index in [4.69, 9.17) is 9.47 Å². The van der Waals surface area contributed by atoms with Crippen LogP contribution in [-0.2, 0) is 23.9 Å². The Labute approximate surface area is 176 Å². The van der Waals surface area contributed by atoms with Crippen LogP contribution in [0.2, 0.25) is 0 Å². The first-order chi connectivity index (χ1) is 13.9. The number of esters is 2. The molecule has 8 nitrogen and oxygen atoms in total. The third kappa shape index (κ3) is 5.67. The Morgan fingerprint density at radius 2 is 1.83 bits per heavy atom. The predicted molar refractivity (Wildman–Crippen MR) is 109 cm³/mol. The number of hydrogen-bond acceptors (Lipinski definition) is 7. The van der Waals surface area contributed by atoms with E-state index in [0.717, 1.165) is 0 Å². The first-order valence-corrected chi connectivity index (χ1v) is 9.43. The second kappa shape index (κ2) is 10.4. The van der Waals surface area contributed by atoms with Crippen LogP contribution < -0.4 is 0 Å². The van der Waals surface area contributed by atoms with E-state index >= 15 is 0 Å². The number of aliphatic hydroxyl groups is 2. The Morgan fingerprint density at radius 3 is 2.30 bits per heavy atom. The van der Waals surface area contributed by atoms with E-state index in [-0.39, 0.29) is 24.2 Å². The summed E-state index contributed by atoms with van der Waals surface area (Å²) in [7, 11) is 0. The van der Waals surface area contributed by atoms with Crippen molar-refractivity contribution in [2.75, 3.05) is 13.2 Å². The normalized spacial score (nSPS) is 28.9. The lowest BCUT2D eigenvalue weighted by atomic mass is 9.58. The summed E-state index contributed by atoms with van der Waals surface area (Å²) in [5, 5.41) is 30.0. The van der Waals surface area contributed by atoms with Gasteiger partial charge in [-0.1, -0.05) is 26.2 Å². The number of carboxylic acid groups (broad SMARTS) is 1. The topological polar surface area (TPSA) is 130 Å². The predicted octanol–water partition coefficient (Wildman–Crippen LogP) is 1.79. The molecular formula is C22H30O8. The van der Waals surface area contributed by atoms with Crippen LogP contribution in [0.3, 0.4) is 0 Å². The van der Waals surface area contributed by atoms with Crippen LogP contribution in [0, 0.1) is 17.3 Å². The van der Waals surface area contributed by atoms with Crippen molar-refractivity contribution in [1.29, 1.82) is 0 Å². The molecule has 0 aromatic heterocycles. The first-order valence-electron chi connectivity index (χ1n) is 9.43. The zero-order valence-electron chi connectivity index (χ0n) is 17.6. The van der Waals surface area contributed by atoms with Gasteiger partial charge in [-0.15, -0.1) is 6.58 Å². The maximum Gasteiger partial charge on any atom is 0.333 e. The summed E-state index contributed by atoms with van der Waals surface area (Å²) in [6.07, 6.45) is 0.739. The number of rotatable bonds is 9. The highest BCUT2D eigenvalue weighted by Gasteiger charge is 2.53. The number of ether oxygens (including phenoxy) is 2. The van der Waals surface area contributed by atoms with Crippen LogP contribution in [-0.4, -0.2) is 58.6 Å². The molecule has 3 N–H and O–H groups in total. The van der Waals surface area contributed by atoms with Crippen molar-refractivity contribution in [2.45, 2.75) is 39.4 Å². The van der Waals surface area contributed by atoms with E-state index in [9.17, 15) is 29.7 Å². The summed E-state index contributed by atoms with van der Waals surface area (Å²) in [5.74, 6) is -4.41. The zero-order chi connectivity index (χ0) is 23.2. The fourth-order valence-electron chi connectivity index (χ4n) is 3.81. The van der Waals surface area contributed by atoms with Gasteiger partial charge in [-0.25, -0.2) is 9.59 Å². The standard InChI is InChI=1S/C22H30O8/c1-7-22(6)10-16(30-21(28)12(2)8-9-29-15(5)24)17(14(4)20(26)27)19(25)18(22)13(3)11-23/h7-8,16-19,23,25H,1,3-4,9-11H2,2,5-6H3,(H,26,27)/b12-8-/t16-,17-,18-,19-,22-/m1/s1. The molecule has 8 heteroatoms. The number of aliphatic hydroxyl groups excluding tert-OH is 2. The second-order valence-corrected chi connectivity index (χ2v) is 7.69. The molecule has 0 aliphatic heterocycles. The van der Waals surface area contributed by atoms with Crippen LogP contribution in [0.1, 0.15) is 27.2 Å². The molecule has 0 amide bonds. The van der Waals surface area contributed by atoms with Crippen molar-refractivity contribution in [1.82, 2.24) is 0 Å². The average Bonchev–Trinajstić information content (AvgIpc) is 2.66. The Kier molecular flexibility index (Phi) is 8.74. The van der Waals surface area contributed by atoms with Crippen LogP contribution in [0.4, 0.5) is 0 Å². The maximum absolute atomic E-state index is 12.5. The van der Waals surface area contributed by atoms with E-state index in [0.29, 0.717) is 5.57 Å². The number of allylic oxidation sites excluding steroid dienone is 1. The third-order valence-electron chi connectivity index (χ3n) is 5.50. The first kappa shape index (κ1) is 25.3. The van der Waals surface area contributed by atoms with Crippen molar-refractivity contribution < 1.29 is 39.2 Å². The van der Waals surface area contributed by atoms with Crippen molar-refractivity contribution in [2.24, 2.45) is 17.3 Å². The fourth-order valence-corrected chi connectivity index (χ4v) is 3.81. The van der Waals surface area contributed by atoms with Gasteiger partial charge in [-0.05, 0) is 30.4 Å². The SMILES string of the molecule is C=C[C@]1(C)C[C@@H](OC(=O)/C(C)=C\COC(C)=O)[C@@H](C(=C)C(=O)O)[C@@H](O)[C@H]1C(=C)CO. The number of carbonyl (C=O) groups excluding carboxylic acids is 2. The monoisotopic (exact) mass is 422 g/mol. The Hall–Kier alpha value is -2.71. The van der Waals surface area contributed by atoms with Gasteiger partial charge in [-0.2, -0.15) is 0 Å². The zero-order valence-corrected chi connectivity index (χ0v) is 17.6. The molecule has 0 radical (unpaired) electrons. The lowest BCUT2D eigenvalue weighted by Crippen LogP contribution is -2.54. The highest BCUT2D eigenvalue weighted by atomic mass is 16.5. The van der Waals surface area contributed by atoms with Crippen LogP contribution in [0.25, 0.3) is 0 Å². The summed E-state index contributed by atoms with van der Waals surface area (Å²) in [6.45, 7) is 15.1. The van der Waals surface area contributed by atoms with Gasteiger partial charge in [0.25, 0.3) is 0 Å². The van der Waals surface area contributed by atoms with Gasteiger partial charge in [0.05, 0.1) is 18.6 Å². The van der Waals surface area contributed by atoms with Gasteiger partial charge in [0, 0.05) is 24.0 Å². The molecule has 0 aromatic rings. The van der Waals surface area contributed by atoms with Gasteiger partial charge >= 0.3 is 17.9 Å². The minimum atomic E-state index is -1.34. The molecule has 0 unspecified atom stereocenters. The summed E-state index contributed by atoms with van der Waals surface area (Å²) in [6, 6.07) is 0. The van der Waals surface area contributed by atoms with Gasteiger partial charge in [0.1, 0.15) is 12.7 Å². The molecule has 5 atom stereocenters. The Morgan fingerprint density at radius 1 is 1.23 bits per heavy atom. The summed E-state index contributed by atoms with van der Waals surface area (Å²) >= 11 is 0. The molecule has 1 rings (SSSR count). The molecule has 1 aliphatic rings. The Bertz CT molecular complexity index is 765. The lowest BCUT2D eigenvalue weighted by molar-refractivity contribution is -0.161. The minimum absolute atomic E-state index is 0.113. The molecule has 0 bridgehead atoms. The summed E-state index contributed by atoms with van der Waals surface area (Å²) in [5.41, 5.74) is -0.666. The molecule has 1 aliphatic carbocycles. The third-order valence-corrected chi connectivity index (χ3v) is 5.50. The van der Waals surface area contributed by atoms with Crippen molar-refractivity contribution in [3.63, 3.8) is 0 Å². The van der Waals surface area contributed by atoms with E-state index in [1.165, 1.54) is 19.9 Å². The summed E-state index contributed by atoms with van der Waals surface area (Å²) < 4.78 is 10.3. The summed E-state index contributed by atoms with van der Waals surface area (Å²) in [4.78, 5) is 35.0. The molecule has 0 spiro atoms. The van der Waals surface area contributed by atoms with Gasteiger partial charge in [-0.3, -0.25) is 4.79 Å². The van der Waals surface area contributed by atoms with E-state index in [1.54, 1.807) is 13.0 Å². The van der Waals surface area contributed by atoms with Gasteiger partial charge in [0.15, 0.2) is 0 Å². The highest BCUT2D eigenvalue weighted by molar-refractivity contribution is 5.89.